The molecule has 4 rings (SSSR count). The summed E-state index contributed by atoms with van der Waals surface area (Å²) in [5.41, 5.74) is 5.77. The fourth-order valence-corrected chi connectivity index (χ4v) is 3.98. The molecule has 142 valence electrons. The van der Waals surface area contributed by atoms with E-state index in [0.29, 0.717) is 5.56 Å². The van der Waals surface area contributed by atoms with Gasteiger partial charge in [0.2, 0.25) is 0 Å². The zero-order valence-electron chi connectivity index (χ0n) is 16.2. The maximum Gasteiger partial charge on any atom is 0.335 e. The first-order valence-corrected chi connectivity index (χ1v) is 9.63. The highest BCUT2D eigenvalue weighted by molar-refractivity contribution is 5.89. The summed E-state index contributed by atoms with van der Waals surface area (Å²) in [4.78, 5) is 11.2. The van der Waals surface area contributed by atoms with Gasteiger partial charge in [0.25, 0.3) is 0 Å². The zero-order chi connectivity index (χ0) is 19.7. The Balaban J connectivity index is 1.57. The molecular weight excluding hydrogens is 348 g/mol. The van der Waals surface area contributed by atoms with Crippen molar-refractivity contribution >= 4 is 5.97 Å². The monoisotopic (exact) mass is 372 g/mol. The second kappa shape index (κ2) is 7.16. The minimum atomic E-state index is -0.907. The molecule has 1 aliphatic heterocycles. The van der Waals surface area contributed by atoms with E-state index in [1.807, 2.05) is 18.2 Å². The van der Waals surface area contributed by atoms with Crippen LogP contribution in [0.3, 0.4) is 0 Å². The molecule has 0 saturated heterocycles. The highest BCUT2D eigenvalue weighted by atomic mass is 16.5. The summed E-state index contributed by atoms with van der Waals surface area (Å²) in [6, 6.07) is 21.8. The van der Waals surface area contributed by atoms with E-state index in [2.05, 4.69) is 44.2 Å². The fraction of sp³-hybridized carbons (Fsp3) is 0.240. The topological polar surface area (TPSA) is 46.5 Å². The number of ether oxygens (including phenoxy) is 1. The van der Waals surface area contributed by atoms with Gasteiger partial charge in [0, 0.05) is 6.42 Å². The second-order valence-electron chi connectivity index (χ2n) is 7.93. The normalized spacial score (nSPS) is 18.2. The SMILES string of the molecule is Cc1cccc(C[C@@]2(C)CCc3cc(-c4cccc(C(=O)O)c4)ccc3O2)c1. The molecule has 28 heavy (non-hydrogen) atoms. The van der Waals surface area contributed by atoms with Gasteiger partial charge < -0.3 is 9.84 Å². The fourth-order valence-electron chi connectivity index (χ4n) is 3.98. The van der Waals surface area contributed by atoms with Crippen LogP contribution in [0.5, 0.6) is 5.75 Å². The van der Waals surface area contributed by atoms with E-state index < -0.39 is 5.97 Å². The number of carbonyl (C=O) groups is 1. The third-order valence-electron chi connectivity index (χ3n) is 5.44. The quantitative estimate of drug-likeness (QED) is 0.640. The van der Waals surface area contributed by atoms with Gasteiger partial charge in [0.15, 0.2) is 0 Å². The molecule has 0 unspecified atom stereocenters. The number of carboxylic acid groups (broad SMARTS) is 1. The zero-order valence-corrected chi connectivity index (χ0v) is 16.2. The predicted molar refractivity (Wildman–Crippen MR) is 111 cm³/mol. The summed E-state index contributed by atoms with van der Waals surface area (Å²) in [5, 5.41) is 9.22. The van der Waals surface area contributed by atoms with E-state index in [4.69, 9.17) is 4.74 Å². The number of carboxylic acids is 1. The number of benzene rings is 3. The molecule has 1 N–H and O–H groups in total. The van der Waals surface area contributed by atoms with Crippen molar-refractivity contribution < 1.29 is 14.6 Å². The first kappa shape index (κ1) is 18.3. The molecule has 3 nitrogen and oxygen atoms in total. The van der Waals surface area contributed by atoms with Crippen molar-refractivity contribution in [3.05, 3.63) is 89.0 Å². The minimum absolute atomic E-state index is 0.217. The molecule has 0 spiro atoms. The van der Waals surface area contributed by atoms with Crippen molar-refractivity contribution in [3.8, 4) is 16.9 Å². The average molecular weight is 372 g/mol. The van der Waals surface area contributed by atoms with Crippen LogP contribution in [0.4, 0.5) is 0 Å². The molecule has 1 atom stereocenters. The summed E-state index contributed by atoms with van der Waals surface area (Å²) < 4.78 is 6.42. The lowest BCUT2D eigenvalue weighted by atomic mass is 9.86. The Morgan fingerprint density at radius 1 is 1.04 bits per heavy atom. The highest BCUT2D eigenvalue weighted by Crippen LogP contribution is 2.37. The van der Waals surface area contributed by atoms with Crippen molar-refractivity contribution in [1.82, 2.24) is 0 Å². The molecule has 0 saturated carbocycles. The van der Waals surface area contributed by atoms with E-state index in [1.165, 1.54) is 16.7 Å². The number of fused-ring (bicyclic) bond motifs is 1. The Morgan fingerprint density at radius 2 is 1.82 bits per heavy atom. The average Bonchev–Trinajstić information content (AvgIpc) is 2.67. The van der Waals surface area contributed by atoms with E-state index >= 15 is 0 Å². The number of aromatic carboxylic acids is 1. The summed E-state index contributed by atoms with van der Waals surface area (Å²) >= 11 is 0. The first-order valence-electron chi connectivity index (χ1n) is 9.63. The van der Waals surface area contributed by atoms with Crippen LogP contribution >= 0.6 is 0 Å². The molecule has 0 fully saturated rings. The van der Waals surface area contributed by atoms with Gasteiger partial charge in [-0.05, 0) is 73.2 Å². The smallest absolute Gasteiger partial charge is 0.335 e. The standard InChI is InChI=1S/C25H24O3/c1-17-5-3-6-18(13-17)16-25(2)12-11-21-14-20(9-10-23(21)28-25)19-7-4-8-22(15-19)24(26)27/h3-10,13-15H,11-12,16H2,1-2H3,(H,26,27)/t25-/m1/s1. The molecule has 0 bridgehead atoms. The summed E-state index contributed by atoms with van der Waals surface area (Å²) in [6.45, 7) is 4.30. The third-order valence-corrected chi connectivity index (χ3v) is 5.44. The van der Waals surface area contributed by atoms with Crippen molar-refractivity contribution in [2.75, 3.05) is 0 Å². The van der Waals surface area contributed by atoms with Gasteiger partial charge in [-0.25, -0.2) is 4.79 Å². The molecule has 0 aliphatic carbocycles. The van der Waals surface area contributed by atoms with E-state index in [1.54, 1.807) is 18.2 Å². The van der Waals surface area contributed by atoms with Gasteiger partial charge in [-0.3, -0.25) is 0 Å². The van der Waals surface area contributed by atoms with Crippen molar-refractivity contribution in [1.29, 1.82) is 0 Å². The number of rotatable bonds is 4. The highest BCUT2D eigenvalue weighted by Gasteiger charge is 2.32. The van der Waals surface area contributed by atoms with E-state index in [0.717, 1.165) is 36.1 Å². The molecule has 3 heteroatoms. The molecule has 0 aromatic heterocycles. The molecule has 1 heterocycles. The van der Waals surface area contributed by atoms with Crippen LogP contribution in [0.15, 0.2) is 66.7 Å². The largest absolute Gasteiger partial charge is 0.487 e. The Labute approximate surface area is 165 Å². The maximum absolute atomic E-state index is 11.2. The molecule has 3 aromatic rings. The Bertz CT molecular complexity index is 1040. The van der Waals surface area contributed by atoms with Crippen molar-refractivity contribution in [2.24, 2.45) is 0 Å². The minimum Gasteiger partial charge on any atom is -0.487 e. The number of hydrogen-bond donors (Lipinski definition) is 1. The van der Waals surface area contributed by atoms with E-state index in [9.17, 15) is 9.90 Å². The number of aryl methyl sites for hydroxylation is 2. The summed E-state index contributed by atoms with van der Waals surface area (Å²) in [5.74, 6) is 0.0228. The molecule has 0 amide bonds. The Morgan fingerprint density at radius 3 is 2.61 bits per heavy atom. The predicted octanol–water partition coefficient (Wildman–Crippen LogP) is 5.69. The van der Waals surface area contributed by atoms with Crippen LogP contribution in [0.1, 0.15) is 40.4 Å². The third kappa shape index (κ3) is 3.79. The van der Waals surface area contributed by atoms with Gasteiger partial charge >= 0.3 is 5.97 Å². The van der Waals surface area contributed by atoms with Crippen molar-refractivity contribution in [3.63, 3.8) is 0 Å². The lowest BCUT2D eigenvalue weighted by Crippen LogP contribution is -2.38. The van der Waals surface area contributed by atoms with Crippen LogP contribution in [0.25, 0.3) is 11.1 Å². The van der Waals surface area contributed by atoms with Gasteiger partial charge in [0.1, 0.15) is 11.4 Å². The second-order valence-corrected chi connectivity index (χ2v) is 7.93. The molecule has 0 radical (unpaired) electrons. The number of hydrogen-bond acceptors (Lipinski definition) is 2. The summed E-state index contributed by atoms with van der Waals surface area (Å²) in [6.07, 6.45) is 2.78. The molecular formula is C25H24O3. The van der Waals surface area contributed by atoms with Gasteiger partial charge in [0.05, 0.1) is 5.56 Å². The van der Waals surface area contributed by atoms with Crippen LogP contribution in [-0.2, 0) is 12.8 Å². The van der Waals surface area contributed by atoms with Crippen LogP contribution < -0.4 is 4.74 Å². The van der Waals surface area contributed by atoms with Gasteiger partial charge in [-0.2, -0.15) is 0 Å². The maximum atomic E-state index is 11.2. The Hall–Kier alpha value is -3.07. The lowest BCUT2D eigenvalue weighted by Gasteiger charge is -2.36. The van der Waals surface area contributed by atoms with Crippen LogP contribution in [0, 0.1) is 6.92 Å². The molecule has 1 aliphatic rings. The van der Waals surface area contributed by atoms with Crippen LogP contribution in [-0.4, -0.2) is 16.7 Å². The van der Waals surface area contributed by atoms with Crippen LogP contribution in [0.2, 0.25) is 0 Å². The first-order chi connectivity index (χ1) is 13.4. The Kier molecular flexibility index (Phi) is 4.68. The van der Waals surface area contributed by atoms with Gasteiger partial charge in [-0.15, -0.1) is 0 Å². The van der Waals surface area contributed by atoms with Crippen molar-refractivity contribution in [2.45, 2.75) is 38.7 Å². The van der Waals surface area contributed by atoms with E-state index in [-0.39, 0.29) is 5.60 Å². The lowest BCUT2D eigenvalue weighted by molar-refractivity contribution is 0.0653. The summed E-state index contributed by atoms with van der Waals surface area (Å²) in [7, 11) is 0. The van der Waals surface area contributed by atoms with Gasteiger partial charge in [-0.1, -0.05) is 48.0 Å². The molecule has 3 aromatic carbocycles.